The molecule has 1 fully saturated rings. The number of nitrogens with zero attached hydrogens (tertiary/aromatic N) is 4. The monoisotopic (exact) mass is 501 g/mol. The van der Waals surface area contributed by atoms with Crippen molar-refractivity contribution >= 4 is 22.8 Å². The van der Waals surface area contributed by atoms with Crippen LogP contribution in [0.25, 0.3) is 16.6 Å². The first-order chi connectivity index (χ1) is 18.1. The van der Waals surface area contributed by atoms with Gasteiger partial charge in [0.1, 0.15) is 11.5 Å². The van der Waals surface area contributed by atoms with Gasteiger partial charge in [0.2, 0.25) is 5.95 Å². The van der Waals surface area contributed by atoms with E-state index in [2.05, 4.69) is 25.3 Å². The van der Waals surface area contributed by atoms with Crippen molar-refractivity contribution in [2.75, 3.05) is 13.1 Å². The summed E-state index contributed by atoms with van der Waals surface area (Å²) in [6.07, 6.45) is 13.2. The lowest BCUT2D eigenvalue weighted by atomic mass is 10.0. The fraction of sp³-hybridized carbons (Fsp3) is 0.286. The van der Waals surface area contributed by atoms with E-state index < -0.39 is 5.95 Å². The second kappa shape index (κ2) is 11.4. The van der Waals surface area contributed by atoms with Gasteiger partial charge in [-0.05, 0) is 68.1 Å². The highest BCUT2D eigenvalue weighted by Gasteiger charge is 2.14. The van der Waals surface area contributed by atoms with E-state index in [1.165, 1.54) is 6.07 Å². The Morgan fingerprint density at radius 3 is 2.73 bits per heavy atom. The van der Waals surface area contributed by atoms with Crippen LogP contribution in [0.2, 0.25) is 0 Å². The Kier molecular flexibility index (Phi) is 7.60. The van der Waals surface area contributed by atoms with Gasteiger partial charge >= 0.3 is 0 Å². The normalized spacial score (nSPS) is 15.1. The number of fused-ring (bicyclic) bond motifs is 1. The van der Waals surface area contributed by atoms with Gasteiger partial charge in [0.05, 0.1) is 12.2 Å². The summed E-state index contributed by atoms with van der Waals surface area (Å²) >= 11 is 0. The largest absolute Gasteiger partial charge is 0.404 e. The van der Waals surface area contributed by atoms with Crippen LogP contribution >= 0.6 is 0 Å². The van der Waals surface area contributed by atoms with Crippen LogP contribution in [0.4, 0.5) is 8.78 Å². The number of nitrogens with two attached hydrogens (primary N) is 1. The number of rotatable bonds is 8. The zero-order valence-electron chi connectivity index (χ0n) is 20.4. The molecule has 0 amide bonds. The fourth-order valence-electron chi connectivity index (χ4n) is 4.56. The summed E-state index contributed by atoms with van der Waals surface area (Å²) in [5, 5.41) is 4.24. The molecule has 1 aliphatic heterocycles. The molecule has 1 saturated heterocycles. The van der Waals surface area contributed by atoms with Crippen molar-refractivity contribution in [3.63, 3.8) is 0 Å². The second-order valence-corrected chi connectivity index (χ2v) is 9.26. The van der Waals surface area contributed by atoms with Crippen molar-refractivity contribution in [2.24, 2.45) is 10.7 Å². The van der Waals surface area contributed by atoms with Crippen molar-refractivity contribution in [1.82, 2.24) is 25.3 Å². The molecule has 9 heteroatoms. The van der Waals surface area contributed by atoms with Crippen LogP contribution in [0.1, 0.15) is 40.8 Å². The minimum absolute atomic E-state index is 0.291. The van der Waals surface area contributed by atoms with Crippen LogP contribution in [0.15, 0.2) is 60.2 Å². The molecule has 5 heterocycles. The van der Waals surface area contributed by atoms with Crippen molar-refractivity contribution in [3.8, 4) is 0 Å². The van der Waals surface area contributed by atoms with E-state index in [0.717, 1.165) is 65.4 Å². The number of aromatic nitrogens is 4. The third-order valence-electron chi connectivity index (χ3n) is 6.66. The van der Waals surface area contributed by atoms with Gasteiger partial charge in [0, 0.05) is 65.2 Å². The summed E-state index contributed by atoms with van der Waals surface area (Å²) < 4.78 is 28.3. The van der Waals surface area contributed by atoms with Gasteiger partial charge in [-0.2, -0.15) is 4.39 Å². The molecular formula is C28H29F2N7. The summed E-state index contributed by atoms with van der Waals surface area (Å²) in [4.78, 5) is 20.4. The summed E-state index contributed by atoms with van der Waals surface area (Å²) in [5.41, 5.74) is 11.1. The lowest BCUT2D eigenvalue weighted by Gasteiger charge is -2.18. The number of pyridine rings is 3. The molecular weight excluding hydrogens is 472 g/mol. The maximum absolute atomic E-state index is 14.9. The molecule has 7 nitrogen and oxygen atoms in total. The lowest BCUT2D eigenvalue weighted by molar-refractivity contribution is 0.461. The number of aliphatic imine (C=N–C) groups is 1. The molecule has 0 radical (unpaired) electrons. The maximum Gasteiger partial charge on any atom is 0.216 e. The standard InChI is InChI=1S/C28H29F2N7/c29-23-9-18(13-33-17-23)1-3-25-4-2-19(27(30)37-25)10-21-15-36-28-26(21)11-20(14-35-28)22(12-31)16-34-24-5-7-32-8-6-24/h2,4,9,11-17,24,32H,1,3,5-8,10,31H2,(H,35,36)/b22-12+,34-16?. The van der Waals surface area contributed by atoms with Crippen LogP contribution in [-0.4, -0.2) is 45.3 Å². The number of allylic oxidation sites excluding steroid dienone is 1. The van der Waals surface area contributed by atoms with E-state index in [4.69, 9.17) is 10.7 Å². The van der Waals surface area contributed by atoms with Crippen molar-refractivity contribution < 1.29 is 8.78 Å². The molecule has 0 atom stereocenters. The topological polar surface area (TPSA) is 105 Å². The Morgan fingerprint density at radius 1 is 1.08 bits per heavy atom. The van der Waals surface area contributed by atoms with Crippen molar-refractivity contribution in [2.45, 2.75) is 38.1 Å². The predicted octanol–water partition coefficient (Wildman–Crippen LogP) is 4.13. The molecule has 4 aromatic heterocycles. The first kappa shape index (κ1) is 24.7. The Hall–Kier alpha value is -3.98. The van der Waals surface area contributed by atoms with Gasteiger partial charge in [0.15, 0.2) is 0 Å². The number of H-pyrrole nitrogens is 1. The minimum atomic E-state index is -0.509. The molecule has 190 valence electrons. The van der Waals surface area contributed by atoms with Crippen LogP contribution in [0.5, 0.6) is 0 Å². The average Bonchev–Trinajstić information content (AvgIpc) is 3.32. The molecule has 0 saturated carbocycles. The zero-order chi connectivity index (χ0) is 25.6. The van der Waals surface area contributed by atoms with E-state index in [0.29, 0.717) is 36.6 Å². The maximum atomic E-state index is 14.9. The number of halogens is 2. The highest BCUT2D eigenvalue weighted by molar-refractivity contribution is 6.10. The summed E-state index contributed by atoms with van der Waals surface area (Å²) in [6.45, 7) is 1.95. The predicted molar refractivity (Wildman–Crippen MR) is 141 cm³/mol. The smallest absolute Gasteiger partial charge is 0.216 e. The van der Waals surface area contributed by atoms with Crippen LogP contribution in [0, 0.1) is 11.8 Å². The molecule has 5 rings (SSSR count). The van der Waals surface area contributed by atoms with Crippen LogP contribution < -0.4 is 11.1 Å². The number of aryl methyl sites for hydroxylation is 2. The summed E-state index contributed by atoms with van der Waals surface area (Å²) in [5.74, 6) is -0.892. The number of hydrogen-bond acceptors (Lipinski definition) is 6. The zero-order valence-corrected chi connectivity index (χ0v) is 20.4. The summed E-state index contributed by atoms with van der Waals surface area (Å²) in [7, 11) is 0. The molecule has 0 unspecified atom stereocenters. The molecule has 4 N–H and O–H groups in total. The molecule has 0 spiro atoms. The van der Waals surface area contributed by atoms with Gasteiger partial charge in [-0.3, -0.25) is 9.98 Å². The third-order valence-corrected chi connectivity index (χ3v) is 6.66. The molecule has 37 heavy (non-hydrogen) atoms. The van der Waals surface area contributed by atoms with Gasteiger partial charge in [-0.1, -0.05) is 6.07 Å². The first-order valence-corrected chi connectivity index (χ1v) is 12.4. The first-order valence-electron chi connectivity index (χ1n) is 12.4. The number of piperidine rings is 1. The molecule has 4 aromatic rings. The van der Waals surface area contributed by atoms with E-state index in [1.807, 2.05) is 24.5 Å². The highest BCUT2D eigenvalue weighted by atomic mass is 19.1. The number of nitrogens with one attached hydrogen (secondary N) is 2. The third kappa shape index (κ3) is 6.06. The van der Waals surface area contributed by atoms with E-state index in [9.17, 15) is 8.78 Å². The number of aromatic amines is 1. The Labute approximate surface area is 214 Å². The molecule has 0 aromatic carbocycles. The Balaban J connectivity index is 1.31. The van der Waals surface area contributed by atoms with Crippen molar-refractivity contribution in [3.05, 3.63) is 95.0 Å². The minimum Gasteiger partial charge on any atom is -0.404 e. The van der Waals surface area contributed by atoms with E-state index >= 15 is 0 Å². The quantitative estimate of drug-likeness (QED) is 0.249. The van der Waals surface area contributed by atoms with Gasteiger partial charge in [0.25, 0.3) is 0 Å². The number of hydrogen-bond donors (Lipinski definition) is 3. The fourth-order valence-corrected chi connectivity index (χ4v) is 4.56. The van der Waals surface area contributed by atoms with Gasteiger partial charge < -0.3 is 16.0 Å². The van der Waals surface area contributed by atoms with Crippen LogP contribution in [0.3, 0.4) is 0 Å². The second-order valence-electron chi connectivity index (χ2n) is 9.26. The van der Waals surface area contributed by atoms with Crippen molar-refractivity contribution in [1.29, 1.82) is 0 Å². The van der Waals surface area contributed by atoms with E-state index in [-0.39, 0.29) is 5.82 Å². The molecule has 1 aliphatic rings. The SMILES string of the molecule is N/C=C(\C=NC1CCNCC1)c1cnc2[nH]cc(Cc3ccc(CCc4cncc(F)c4)nc3F)c2c1. The molecule has 0 bridgehead atoms. The average molecular weight is 502 g/mol. The van der Waals surface area contributed by atoms with Gasteiger partial charge in [-0.25, -0.2) is 14.4 Å². The van der Waals surface area contributed by atoms with Crippen LogP contribution in [-0.2, 0) is 19.3 Å². The lowest BCUT2D eigenvalue weighted by Crippen LogP contribution is -2.29. The Bertz CT molecular complexity index is 1440. The highest BCUT2D eigenvalue weighted by Crippen LogP contribution is 2.24. The van der Waals surface area contributed by atoms with Gasteiger partial charge in [-0.15, -0.1) is 0 Å². The van der Waals surface area contributed by atoms with E-state index in [1.54, 1.807) is 24.7 Å². The Morgan fingerprint density at radius 2 is 1.95 bits per heavy atom. The molecule has 0 aliphatic carbocycles. The summed E-state index contributed by atoms with van der Waals surface area (Å²) in [6, 6.07) is 7.31.